The number of hydrogen-bond acceptors (Lipinski definition) is 0. The van der Waals surface area contributed by atoms with Crippen molar-refractivity contribution < 1.29 is 20.8 Å². The van der Waals surface area contributed by atoms with Crippen LogP contribution in [0.2, 0.25) is 0 Å². The van der Waals surface area contributed by atoms with Gasteiger partial charge < -0.3 is 0 Å². The molecule has 113 valence electrons. The Morgan fingerprint density at radius 1 is 0.955 bits per heavy atom. The van der Waals surface area contributed by atoms with Crippen LogP contribution in [0.3, 0.4) is 0 Å². The van der Waals surface area contributed by atoms with Crippen LogP contribution in [0.5, 0.6) is 0 Å². The van der Waals surface area contributed by atoms with Gasteiger partial charge in [0.05, 0.1) is 0 Å². The summed E-state index contributed by atoms with van der Waals surface area (Å²) < 4.78 is 0. The standard InChI is InChI=1S/C19H19.2ClH.Zr/c1-13(2)15-7-9-16(10-8-15)18-6-4-5-17-11-14(3)12-19(17)18;;;/h4-13H,1-3H3;2*1H;/q;;;+2/p-2. The molecule has 1 aliphatic rings. The second-order valence-corrected chi connectivity index (χ2v) is 9.42. The molecule has 0 heterocycles. The summed E-state index contributed by atoms with van der Waals surface area (Å²) in [5.41, 5.74) is 8.07. The number of fused-ring (bicyclic) bond motifs is 1. The van der Waals surface area contributed by atoms with E-state index in [0.29, 0.717) is 5.92 Å². The molecule has 0 unspecified atom stereocenters. The van der Waals surface area contributed by atoms with Crippen molar-refractivity contribution in [1.29, 1.82) is 0 Å². The van der Waals surface area contributed by atoms with Crippen molar-refractivity contribution in [3.63, 3.8) is 0 Å². The van der Waals surface area contributed by atoms with Crippen molar-refractivity contribution in [2.24, 2.45) is 0 Å². The van der Waals surface area contributed by atoms with E-state index < -0.39 is 20.8 Å². The Morgan fingerprint density at radius 3 is 2.18 bits per heavy atom. The Balaban J connectivity index is 0.000000545. The zero-order valence-electron chi connectivity index (χ0n) is 13.0. The van der Waals surface area contributed by atoms with Gasteiger partial charge in [0.1, 0.15) is 0 Å². The van der Waals surface area contributed by atoms with Crippen molar-refractivity contribution in [3.8, 4) is 11.1 Å². The number of benzene rings is 2. The Bertz CT molecular complexity index is 658. The van der Waals surface area contributed by atoms with Gasteiger partial charge in [-0.2, -0.15) is 0 Å². The SMILES string of the molecule is CC1=Cc2c(cccc2-c2ccc(C(C)C)cc2)[CH]1.[Cl][Zr][Cl]. The molecule has 0 aliphatic heterocycles. The van der Waals surface area contributed by atoms with Gasteiger partial charge in [-0.1, -0.05) is 68.0 Å². The summed E-state index contributed by atoms with van der Waals surface area (Å²) in [4.78, 5) is 0. The summed E-state index contributed by atoms with van der Waals surface area (Å²) in [5, 5.41) is 0. The predicted molar refractivity (Wildman–Crippen MR) is 94.7 cm³/mol. The van der Waals surface area contributed by atoms with Crippen LogP contribution in [-0.4, -0.2) is 0 Å². The molecule has 1 radical (unpaired) electrons. The molecular weight excluding hydrogens is 390 g/mol. The van der Waals surface area contributed by atoms with Gasteiger partial charge in [0.25, 0.3) is 0 Å². The van der Waals surface area contributed by atoms with E-state index in [-0.39, 0.29) is 0 Å². The van der Waals surface area contributed by atoms with Crippen molar-refractivity contribution in [2.45, 2.75) is 26.7 Å². The van der Waals surface area contributed by atoms with Gasteiger partial charge in [-0.15, -0.1) is 0 Å². The van der Waals surface area contributed by atoms with Gasteiger partial charge in [0.15, 0.2) is 0 Å². The molecule has 0 bridgehead atoms. The van der Waals surface area contributed by atoms with Crippen LogP contribution < -0.4 is 0 Å². The molecule has 2 aromatic carbocycles. The number of hydrogen-bond donors (Lipinski definition) is 0. The molecule has 2 aromatic rings. The average Bonchev–Trinajstić information content (AvgIpc) is 2.88. The van der Waals surface area contributed by atoms with E-state index in [9.17, 15) is 0 Å². The molecule has 0 spiro atoms. The fraction of sp³-hybridized carbons (Fsp3) is 0.211. The third-order valence-corrected chi connectivity index (χ3v) is 3.78. The third kappa shape index (κ3) is 4.34. The second kappa shape index (κ2) is 8.48. The Hall–Kier alpha value is -0.357. The van der Waals surface area contributed by atoms with Crippen LogP contribution in [0.25, 0.3) is 17.2 Å². The van der Waals surface area contributed by atoms with Crippen LogP contribution in [-0.2, 0) is 20.8 Å². The first-order valence-corrected chi connectivity index (χ1v) is 13.6. The first-order valence-electron chi connectivity index (χ1n) is 7.29. The molecule has 0 nitrogen and oxygen atoms in total. The fourth-order valence-electron chi connectivity index (χ4n) is 2.68. The van der Waals surface area contributed by atoms with E-state index in [4.69, 9.17) is 17.0 Å². The molecule has 0 saturated heterocycles. The topological polar surface area (TPSA) is 0 Å². The molecular formula is C19H19Cl2Zr. The quantitative estimate of drug-likeness (QED) is 0.510. The molecule has 3 rings (SSSR count). The second-order valence-electron chi connectivity index (χ2n) is 5.69. The van der Waals surface area contributed by atoms with Crippen LogP contribution in [0.15, 0.2) is 48.0 Å². The van der Waals surface area contributed by atoms with Crippen molar-refractivity contribution >= 4 is 23.1 Å². The number of rotatable bonds is 2. The normalized spacial score (nSPS) is 12.4. The molecule has 3 heteroatoms. The van der Waals surface area contributed by atoms with Gasteiger partial charge in [-0.3, -0.25) is 0 Å². The monoisotopic (exact) mass is 407 g/mol. The predicted octanol–water partition coefficient (Wildman–Crippen LogP) is 6.82. The summed E-state index contributed by atoms with van der Waals surface area (Å²) in [6.07, 6.45) is 4.53. The Morgan fingerprint density at radius 2 is 1.59 bits per heavy atom. The maximum atomic E-state index is 4.93. The minimum atomic E-state index is -0.826. The molecule has 0 saturated carbocycles. The average molecular weight is 409 g/mol. The van der Waals surface area contributed by atoms with Crippen LogP contribution in [0, 0.1) is 6.42 Å². The van der Waals surface area contributed by atoms with E-state index in [1.54, 1.807) is 0 Å². The molecule has 0 aromatic heterocycles. The first kappa shape index (κ1) is 18.0. The summed E-state index contributed by atoms with van der Waals surface area (Å²) in [6.45, 7) is 6.62. The summed E-state index contributed by atoms with van der Waals surface area (Å²) in [5.74, 6) is 0.589. The van der Waals surface area contributed by atoms with Gasteiger partial charge in [0, 0.05) is 6.42 Å². The third-order valence-electron chi connectivity index (χ3n) is 3.78. The van der Waals surface area contributed by atoms with Gasteiger partial charge >= 0.3 is 37.9 Å². The zero-order chi connectivity index (χ0) is 16.1. The molecule has 1 aliphatic carbocycles. The minimum absolute atomic E-state index is 0.589. The van der Waals surface area contributed by atoms with E-state index >= 15 is 0 Å². The van der Waals surface area contributed by atoms with E-state index in [1.165, 1.54) is 33.4 Å². The van der Waals surface area contributed by atoms with Crippen molar-refractivity contribution in [3.05, 3.63) is 71.1 Å². The van der Waals surface area contributed by atoms with Gasteiger partial charge in [-0.25, -0.2) is 0 Å². The van der Waals surface area contributed by atoms with E-state index in [1.807, 2.05) is 0 Å². The van der Waals surface area contributed by atoms with Crippen molar-refractivity contribution in [1.82, 2.24) is 0 Å². The summed E-state index contributed by atoms with van der Waals surface area (Å²) >= 11 is -0.826. The van der Waals surface area contributed by atoms with Crippen LogP contribution in [0.1, 0.15) is 43.4 Å². The fourth-order valence-corrected chi connectivity index (χ4v) is 2.68. The number of halogens is 2. The van der Waals surface area contributed by atoms with Crippen molar-refractivity contribution in [2.75, 3.05) is 0 Å². The molecule has 0 amide bonds. The molecule has 22 heavy (non-hydrogen) atoms. The van der Waals surface area contributed by atoms with Gasteiger partial charge in [0.2, 0.25) is 0 Å². The molecule has 0 atom stereocenters. The maximum absolute atomic E-state index is 4.93. The van der Waals surface area contributed by atoms with Crippen LogP contribution in [0.4, 0.5) is 0 Å². The Kier molecular flexibility index (Phi) is 6.94. The van der Waals surface area contributed by atoms with Gasteiger partial charge in [-0.05, 0) is 40.7 Å². The van der Waals surface area contributed by atoms with E-state index in [2.05, 4.69) is 75.7 Å². The van der Waals surface area contributed by atoms with Crippen LogP contribution >= 0.6 is 17.0 Å². The van der Waals surface area contributed by atoms with E-state index in [0.717, 1.165) is 0 Å². The summed E-state index contributed by atoms with van der Waals surface area (Å²) in [6, 6.07) is 15.5. The number of allylic oxidation sites excluding steroid dienone is 1. The Labute approximate surface area is 152 Å². The molecule has 0 N–H and O–H groups in total. The zero-order valence-corrected chi connectivity index (χ0v) is 17.0. The first-order chi connectivity index (χ1) is 10.6. The molecule has 0 fully saturated rings. The summed E-state index contributed by atoms with van der Waals surface area (Å²) in [7, 11) is 9.87.